The maximum Gasteiger partial charge on any atom is 0.218 e. The molecule has 0 saturated heterocycles. The molecule has 0 aliphatic rings. The largest absolute Gasteiger partial charge is 0.303 e. The Morgan fingerprint density at radius 2 is 2.14 bits per heavy atom. The molecule has 6 nitrogen and oxygen atoms in total. The topological polar surface area (TPSA) is 70.6 Å². The number of aromatic amines is 1. The zero-order chi connectivity index (χ0) is 10.1. The lowest BCUT2D eigenvalue weighted by Gasteiger charge is -2.05. The molecular weight excluding hydrogens is 248 g/mol. The van der Waals surface area contributed by atoms with Crippen LogP contribution >= 0.6 is 15.9 Å². The standard InChI is InChI=1S/C7H9BrN6/c1-14(2)3-4-5-6(11-10-4)12-13-7(8)9-5/h3H2,1-2H3,(H,10,11,12). The molecule has 0 spiro atoms. The Morgan fingerprint density at radius 3 is 2.86 bits per heavy atom. The summed E-state index contributed by atoms with van der Waals surface area (Å²) in [5.74, 6) is 0. The summed E-state index contributed by atoms with van der Waals surface area (Å²) < 4.78 is 0.478. The number of H-pyrrole nitrogens is 1. The zero-order valence-corrected chi connectivity index (χ0v) is 9.41. The first-order valence-electron chi connectivity index (χ1n) is 4.04. The van der Waals surface area contributed by atoms with Gasteiger partial charge in [0.1, 0.15) is 11.2 Å². The Labute approximate surface area is 88.9 Å². The lowest BCUT2D eigenvalue weighted by atomic mass is 10.3. The average Bonchev–Trinajstić information content (AvgIpc) is 2.47. The quantitative estimate of drug-likeness (QED) is 0.851. The third-order valence-electron chi connectivity index (χ3n) is 1.70. The van der Waals surface area contributed by atoms with E-state index in [4.69, 9.17) is 0 Å². The SMILES string of the molecule is CN(C)Cc1n[nH]c2nnc(Br)nc12. The van der Waals surface area contributed by atoms with Gasteiger partial charge >= 0.3 is 0 Å². The van der Waals surface area contributed by atoms with Crippen molar-refractivity contribution in [1.82, 2.24) is 30.3 Å². The van der Waals surface area contributed by atoms with Gasteiger partial charge in [-0.2, -0.15) is 5.10 Å². The average molecular weight is 257 g/mol. The van der Waals surface area contributed by atoms with Crippen LogP contribution in [0.25, 0.3) is 11.2 Å². The van der Waals surface area contributed by atoms with Crippen molar-refractivity contribution in [3.63, 3.8) is 0 Å². The molecule has 0 aliphatic heterocycles. The van der Waals surface area contributed by atoms with Crippen LogP contribution < -0.4 is 0 Å². The fraction of sp³-hybridized carbons (Fsp3) is 0.429. The summed E-state index contributed by atoms with van der Waals surface area (Å²) in [5.41, 5.74) is 2.26. The first kappa shape index (κ1) is 9.47. The lowest BCUT2D eigenvalue weighted by molar-refractivity contribution is 0.397. The first-order valence-corrected chi connectivity index (χ1v) is 4.84. The Hall–Kier alpha value is -1.08. The summed E-state index contributed by atoms with van der Waals surface area (Å²) in [6.45, 7) is 0.727. The third kappa shape index (κ3) is 1.73. The van der Waals surface area contributed by atoms with E-state index in [2.05, 4.69) is 41.3 Å². The highest BCUT2D eigenvalue weighted by atomic mass is 79.9. The molecule has 14 heavy (non-hydrogen) atoms. The molecule has 0 bridgehead atoms. The molecular formula is C7H9BrN6. The molecule has 2 rings (SSSR count). The molecule has 74 valence electrons. The molecule has 2 aromatic rings. The van der Waals surface area contributed by atoms with Gasteiger partial charge in [0.2, 0.25) is 4.73 Å². The van der Waals surface area contributed by atoms with Gasteiger partial charge in [-0.3, -0.25) is 5.10 Å². The number of fused-ring (bicyclic) bond motifs is 1. The maximum atomic E-state index is 4.21. The maximum absolute atomic E-state index is 4.21. The highest BCUT2D eigenvalue weighted by molar-refractivity contribution is 9.10. The van der Waals surface area contributed by atoms with Crippen molar-refractivity contribution in [3.8, 4) is 0 Å². The number of hydrogen-bond acceptors (Lipinski definition) is 5. The fourth-order valence-electron chi connectivity index (χ4n) is 1.17. The number of aromatic nitrogens is 5. The molecule has 7 heteroatoms. The second-order valence-electron chi connectivity index (χ2n) is 3.19. The monoisotopic (exact) mass is 256 g/mol. The van der Waals surface area contributed by atoms with Gasteiger partial charge in [0.05, 0.1) is 0 Å². The van der Waals surface area contributed by atoms with E-state index in [1.54, 1.807) is 0 Å². The van der Waals surface area contributed by atoms with E-state index in [1.165, 1.54) is 0 Å². The molecule has 1 N–H and O–H groups in total. The van der Waals surface area contributed by atoms with E-state index in [0.717, 1.165) is 17.8 Å². The smallest absolute Gasteiger partial charge is 0.218 e. The predicted molar refractivity (Wildman–Crippen MR) is 54.6 cm³/mol. The van der Waals surface area contributed by atoms with E-state index in [0.29, 0.717) is 10.4 Å². The number of nitrogens with zero attached hydrogens (tertiary/aromatic N) is 5. The minimum Gasteiger partial charge on any atom is -0.303 e. The van der Waals surface area contributed by atoms with Crippen LogP contribution in [0.2, 0.25) is 0 Å². The highest BCUT2D eigenvalue weighted by Crippen LogP contribution is 2.13. The van der Waals surface area contributed by atoms with Gasteiger partial charge in [-0.15, -0.1) is 10.2 Å². The Balaban J connectivity index is 2.50. The number of hydrogen-bond donors (Lipinski definition) is 1. The molecule has 0 aromatic carbocycles. The minimum absolute atomic E-state index is 0.478. The normalized spacial score (nSPS) is 11.4. The van der Waals surface area contributed by atoms with Gasteiger partial charge in [-0.25, -0.2) is 4.98 Å². The molecule has 0 aliphatic carbocycles. The van der Waals surface area contributed by atoms with Crippen molar-refractivity contribution in [1.29, 1.82) is 0 Å². The summed E-state index contributed by atoms with van der Waals surface area (Å²) in [5, 5.41) is 14.6. The van der Waals surface area contributed by atoms with Crippen LogP contribution in [0.1, 0.15) is 5.69 Å². The van der Waals surface area contributed by atoms with Crippen LogP contribution in [0.4, 0.5) is 0 Å². The van der Waals surface area contributed by atoms with Crippen molar-refractivity contribution in [2.75, 3.05) is 14.1 Å². The predicted octanol–water partition coefficient (Wildman–Crippen LogP) is 0.572. The van der Waals surface area contributed by atoms with Crippen LogP contribution in [0.3, 0.4) is 0 Å². The Bertz CT molecular complexity index is 450. The van der Waals surface area contributed by atoms with Crippen LogP contribution in [-0.2, 0) is 6.54 Å². The summed E-state index contributed by atoms with van der Waals surface area (Å²) in [6.07, 6.45) is 0. The van der Waals surface area contributed by atoms with Gasteiger partial charge in [-0.05, 0) is 30.0 Å². The zero-order valence-electron chi connectivity index (χ0n) is 7.82. The van der Waals surface area contributed by atoms with Gasteiger partial charge in [-0.1, -0.05) is 0 Å². The molecule has 0 radical (unpaired) electrons. The lowest BCUT2D eigenvalue weighted by Crippen LogP contribution is -2.11. The highest BCUT2D eigenvalue weighted by Gasteiger charge is 2.09. The summed E-state index contributed by atoms with van der Waals surface area (Å²) in [4.78, 5) is 6.23. The van der Waals surface area contributed by atoms with Crippen molar-refractivity contribution in [2.45, 2.75) is 6.54 Å². The van der Waals surface area contributed by atoms with Gasteiger partial charge < -0.3 is 4.90 Å². The molecule has 0 saturated carbocycles. The summed E-state index contributed by atoms with van der Waals surface area (Å²) >= 11 is 3.18. The first-order chi connectivity index (χ1) is 6.66. The van der Waals surface area contributed by atoms with Crippen molar-refractivity contribution < 1.29 is 0 Å². The van der Waals surface area contributed by atoms with Crippen LogP contribution in [0.5, 0.6) is 0 Å². The van der Waals surface area contributed by atoms with E-state index in [9.17, 15) is 0 Å². The van der Waals surface area contributed by atoms with E-state index >= 15 is 0 Å². The van der Waals surface area contributed by atoms with Gasteiger partial charge in [0, 0.05) is 6.54 Å². The molecule has 0 fully saturated rings. The minimum atomic E-state index is 0.478. The Kier molecular flexibility index (Phi) is 2.42. The molecule has 0 unspecified atom stereocenters. The number of halogens is 1. The summed E-state index contributed by atoms with van der Waals surface area (Å²) in [6, 6.07) is 0. The fourth-order valence-corrected chi connectivity index (χ4v) is 1.42. The molecule has 0 atom stereocenters. The van der Waals surface area contributed by atoms with Gasteiger partial charge in [0.25, 0.3) is 0 Å². The molecule has 2 heterocycles. The van der Waals surface area contributed by atoms with Crippen LogP contribution in [0.15, 0.2) is 4.73 Å². The van der Waals surface area contributed by atoms with Crippen molar-refractivity contribution in [2.24, 2.45) is 0 Å². The third-order valence-corrected chi connectivity index (χ3v) is 2.03. The van der Waals surface area contributed by atoms with Crippen LogP contribution in [0, 0.1) is 0 Å². The summed E-state index contributed by atoms with van der Waals surface area (Å²) in [7, 11) is 3.95. The molecule has 0 amide bonds. The van der Waals surface area contributed by atoms with Gasteiger partial charge in [0.15, 0.2) is 5.65 Å². The van der Waals surface area contributed by atoms with E-state index in [-0.39, 0.29) is 0 Å². The molecule has 2 aromatic heterocycles. The van der Waals surface area contributed by atoms with Crippen molar-refractivity contribution in [3.05, 3.63) is 10.4 Å². The van der Waals surface area contributed by atoms with E-state index < -0.39 is 0 Å². The van der Waals surface area contributed by atoms with Crippen molar-refractivity contribution >= 4 is 27.1 Å². The number of nitrogens with one attached hydrogen (secondary N) is 1. The number of rotatable bonds is 2. The Morgan fingerprint density at radius 1 is 1.36 bits per heavy atom. The second-order valence-corrected chi connectivity index (χ2v) is 3.90. The second kappa shape index (κ2) is 3.58. The van der Waals surface area contributed by atoms with E-state index in [1.807, 2.05) is 19.0 Å². The van der Waals surface area contributed by atoms with Crippen LogP contribution in [-0.4, -0.2) is 44.4 Å².